The Balaban J connectivity index is 0.00000242. The molecule has 0 aliphatic rings. The van der Waals surface area contributed by atoms with Gasteiger partial charge in [-0.15, -0.1) is 12.4 Å². The Morgan fingerprint density at radius 1 is 1.41 bits per heavy atom. The molecule has 2 rings (SSSR count). The first kappa shape index (κ1) is 18.3. The van der Waals surface area contributed by atoms with Crippen LogP contribution >= 0.6 is 12.4 Å². The number of phenolic OH excluding ortho intramolecular Hbond substituents is 1. The molecule has 1 N–H and O–H groups in total. The van der Waals surface area contributed by atoms with Gasteiger partial charge in [0.05, 0.1) is 17.7 Å². The predicted molar refractivity (Wildman–Crippen MR) is 85.1 cm³/mol. The minimum Gasteiger partial charge on any atom is -0.505 e. The summed E-state index contributed by atoms with van der Waals surface area (Å²) >= 11 is 0. The Kier molecular flexibility index (Phi) is 5.79. The van der Waals surface area contributed by atoms with Gasteiger partial charge < -0.3 is 19.3 Å². The van der Waals surface area contributed by atoms with Gasteiger partial charge in [-0.1, -0.05) is 0 Å². The number of aromatic hydroxyl groups is 1. The molecule has 0 aliphatic heterocycles. The molecular formula is C15H20ClFN2O3. The molecular weight excluding hydrogens is 311 g/mol. The Bertz CT molecular complexity index is 698. The second-order valence-corrected chi connectivity index (χ2v) is 5.16. The smallest absolute Gasteiger partial charge is 0.340 e. The van der Waals surface area contributed by atoms with E-state index in [4.69, 9.17) is 4.74 Å². The summed E-state index contributed by atoms with van der Waals surface area (Å²) in [6.45, 7) is 2.48. The number of hydrogen-bond acceptors (Lipinski definition) is 4. The monoisotopic (exact) mass is 330 g/mol. The predicted octanol–water partition coefficient (Wildman–Crippen LogP) is 2.68. The second kappa shape index (κ2) is 6.98. The lowest BCUT2D eigenvalue weighted by Gasteiger charge is -2.12. The third-order valence-electron chi connectivity index (χ3n) is 3.33. The Morgan fingerprint density at radius 3 is 2.59 bits per heavy atom. The van der Waals surface area contributed by atoms with Crippen LogP contribution in [0.5, 0.6) is 5.75 Å². The molecule has 0 fully saturated rings. The summed E-state index contributed by atoms with van der Waals surface area (Å²) in [6, 6.07) is 2.50. The normalized spacial score (nSPS) is 10.8. The van der Waals surface area contributed by atoms with Gasteiger partial charge in [0, 0.05) is 30.7 Å². The van der Waals surface area contributed by atoms with Crippen LogP contribution in [0.2, 0.25) is 0 Å². The SMILES string of the molecule is CCOC(=O)c1c(CN(C)C)n(C)c2cc(F)c(O)cc12.Cl. The van der Waals surface area contributed by atoms with Gasteiger partial charge in [0.2, 0.25) is 0 Å². The number of ether oxygens (including phenoxy) is 1. The molecule has 0 atom stereocenters. The van der Waals surface area contributed by atoms with Crippen LogP contribution in [0, 0.1) is 5.82 Å². The first-order valence-electron chi connectivity index (χ1n) is 6.68. The van der Waals surface area contributed by atoms with E-state index in [2.05, 4.69) is 0 Å². The van der Waals surface area contributed by atoms with E-state index in [9.17, 15) is 14.3 Å². The number of aryl methyl sites for hydroxylation is 1. The van der Waals surface area contributed by atoms with Crippen molar-refractivity contribution >= 4 is 29.3 Å². The number of hydrogen-bond donors (Lipinski definition) is 1. The highest BCUT2D eigenvalue weighted by Crippen LogP contribution is 2.31. The van der Waals surface area contributed by atoms with E-state index < -0.39 is 17.5 Å². The van der Waals surface area contributed by atoms with Crippen molar-refractivity contribution in [3.8, 4) is 5.75 Å². The van der Waals surface area contributed by atoms with Crippen molar-refractivity contribution in [1.82, 2.24) is 9.47 Å². The summed E-state index contributed by atoms with van der Waals surface area (Å²) in [4.78, 5) is 14.2. The molecule has 1 heterocycles. The minimum absolute atomic E-state index is 0. The highest BCUT2D eigenvalue weighted by Gasteiger charge is 2.23. The van der Waals surface area contributed by atoms with Crippen molar-refractivity contribution in [3.63, 3.8) is 0 Å². The maximum atomic E-state index is 13.6. The lowest BCUT2D eigenvalue weighted by atomic mass is 10.1. The number of nitrogens with zero attached hydrogens (tertiary/aromatic N) is 2. The molecule has 0 radical (unpaired) electrons. The molecule has 0 aliphatic carbocycles. The molecule has 2 aromatic rings. The van der Waals surface area contributed by atoms with Crippen molar-refractivity contribution in [1.29, 1.82) is 0 Å². The van der Waals surface area contributed by atoms with Gasteiger partial charge in [-0.3, -0.25) is 0 Å². The van der Waals surface area contributed by atoms with Crippen molar-refractivity contribution in [3.05, 3.63) is 29.2 Å². The van der Waals surface area contributed by atoms with Crippen molar-refractivity contribution in [2.24, 2.45) is 7.05 Å². The minimum atomic E-state index is -0.713. The van der Waals surface area contributed by atoms with Gasteiger partial charge in [-0.25, -0.2) is 9.18 Å². The zero-order valence-corrected chi connectivity index (χ0v) is 13.8. The molecule has 0 unspecified atom stereocenters. The largest absolute Gasteiger partial charge is 0.505 e. The Hall–Kier alpha value is -1.79. The van der Waals surface area contributed by atoms with E-state index >= 15 is 0 Å². The van der Waals surface area contributed by atoms with Crippen LogP contribution in [0.1, 0.15) is 23.0 Å². The number of esters is 1. The Morgan fingerprint density at radius 2 is 2.05 bits per heavy atom. The average molecular weight is 331 g/mol. The summed E-state index contributed by atoms with van der Waals surface area (Å²) < 4.78 is 20.4. The number of rotatable bonds is 4. The molecule has 5 nitrogen and oxygen atoms in total. The topological polar surface area (TPSA) is 54.7 Å². The van der Waals surface area contributed by atoms with Crippen LogP contribution in [-0.2, 0) is 18.3 Å². The number of carbonyl (C=O) groups is 1. The number of phenols is 1. The van der Waals surface area contributed by atoms with Crippen LogP contribution in [-0.4, -0.2) is 41.2 Å². The zero-order chi connectivity index (χ0) is 15.7. The average Bonchev–Trinajstić information content (AvgIpc) is 2.64. The van der Waals surface area contributed by atoms with Crippen LogP contribution in [0.4, 0.5) is 4.39 Å². The molecule has 0 amide bonds. The second-order valence-electron chi connectivity index (χ2n) is 5.16. The number of aromatic nitrogens is 1. The van der Waals surface area contributed by atoms with Crippen molar-refractivity contribution in [2.75, 3.05) is 20.7 Å². The Labute approximate surface area is 134 Å². The quantitative estimate of drug-likeness (QED) is 0.876. The summed E-state index contributed by atoms with van der Waals surface area (Å²) in [5.74, 6) is -1.66. The van der Waals surface area contributed by atoms with E-state index in [1.807, 2.05) is 19.0 Å². The van der Waals surface area contributed by atoms with Gasteiger partial charge in [-0.2, -0.15) is 0 Å². The fourth-order valence-electron chi connectivity index (χ4n) is 2.41. The van der Waals surface area contributed by atoms with E-state index in [1.54, 1.807) is 18.5 Å². The molecule has 1 aromatic heterocycles. The number of benzene rings is 1. The standard InChI is InChI=1S/C15H19FN2O3.ClH/c1-5-21-15(20)14-9-6-13(19)10(16)7-11(9)18(4)12(14)8-17(2)3;/h6-7,19H,5,8H2,1-4H3;1H. The number of fused-ring (bicyclic) bond motifs is 1. The molecule has 0 bridgehead atoms. The summed E-state index contributed by atoms with van der Waals surface area (Å²) in [6.07, 6.45) is 0. The molecule has 22 heavy (non-hydrogen) atoms. The third-order valence-corrected chi connectivity index (χ3v) is 3.33. The summed E-state index contributed by atoms with van der Waals surface area (Å²) in [5.41, 5.74) is 1.64. The fraction of sp³-hybridized carbons (Fsp3) is 0.400. The van der Waals surface area contributed by atoms with Gasteiger partial charge in [0.15, 0.2) is 11.6 Å². The summed E-state index contributed by atoms with van der Waals surface area (Å²) in [7, 11) is 5.52. The number of halogens is 2. The van der Waals surface area contributed by atoms with E-state index in [-0.39, 0.29) is 19.0 Å². The third kappa shape index (κ3) is 3.18. The van der Waals surface area contributed by atoms with Crippen molar-refractivity contribution < 1.29 is 19.0 Å². The highest BCUT2D eigenvalue weighted by atomic mass is 35.5. The van der Waals surface area contributed by atoms with E-state index in [0.717, 1.165) is 5.69 Å². The van der Waals surface area contributed by atoms with E-state index in [0.29, 0.717) is 23.0 Å². The lowest BCUT2D eigenvalue weighted by molar-refractivity contribution is 0.0526. The van der Waals surface area contributed by atoms with Gasteiger partial charge in [-0.05, 0) is 27.1 Å². The lowest BCUT2D eigenvalue weighted by Crippen LogP contribution is -2.17. The fourth-order valence-corrected chi connectivity index (χ4v) is 2.41. The molecule has 0 saturated heterocycles. The van der Waals surface area contributed by atoms with Crippen LogP contribution in [0.3, 0.4) is 0 Å². The van der Waals surface area contributed by atoms with Crippen LogP contribution in [0.15, 0.2) is 12.1 Å². The maximum Gasteiger partial charge on any atom is 0.340 e. The highest BCUT2D eigenvalue weighted by molar-refractivity contribution is 6.06. The number of carbonyl (C=O) groups excluding carboxylic acids is 1. The van der Waals surface area contributed by atoms with Gasteiger partial charge in [0.1, 0.15) is 0 Å². The first-order valence-corrected chi connectivity index (χ1v) is 6.68. The van der Waals surface area contributed by atoms with Crippen LogP contribution in [0.25, 0.3) is 10.9 Å². The van der Waals surface area contributed by atoms with Gasteiger partial charge in [0.25, 0.3) is 0 Å². The molecule has 1 aromatic carbocycles. The summed E-state index contributed by atoms with van der Waals surface area (Å²) in [5, 5.41) is 10.1. The first-order chi connectivity index (χ1) is 9.86. The molecule has 7 heteroatoms. The zero-order valence-electron chi connectivity index (χ0n) is 13.0. The molecule has 0 saturated carbocycles. The van der Waals surface area contributed by atoms with Crippen molar-refractivity contribution in [2.45, 2.75) is 13.5 Å². The maximum absolute atomic E-state index is 13.6. The molecule has 122 valence electrons. The van der Waals surface area contributed by atoms with E-state index in [1.165, 1.54) is 12.1 Å². The van der Waals surface area contributed by atoms with Crippen LogP contribution < -0.4 is 0 Å². The molecule has 0 spiro atoms. The van der Waals surface area contributed by atoms with Gasteiger partial charge >= 0.3 is 5.97 Å².